The van der Waals surface area contributed by atoms with Crippen molar-refractivity contribution in [3.63, 3.8) is 0 Å². The average Bonchev–Trinajstić information content (AvgIpc) is 2.88. The summed E-state index contributed by atoms with van der Waals surface area (Å²) in [5, 5.41) is 0. The van der Waals surface area contributed by atoms with Crippen molar-refractivity contribution in [3.8, 4) is 17.1 Å². The van der Waals surface area contributed by atoms with E-state index in [1.54, 1.807) is 0 Å². The maximum Gasteiger partial charge on any atom is 0.144 e. The van der Waals surface area contributed by atoms with Crippen molar-refractivity contribution >= 4 is 0 Å². The third-order valence-electron chi connectivity index (χ3n) is 3.47. The minimum Gasteiger partial charge on any atom is -0.299 e. The van der Waals surface area contributed by atoms with Crippen molar-refractivity contribution < 1.29 is 0 Å². The first-order chi connectivity index (χ1) is 9.66. The lowest BCUT2D eigenvalue weighted by Crippen LogP contribution is -2.02. The third kappa shape index (κ3) is 2.11. The van der Waals surface area contributed by atoms with Crippen LogP contribution in [0, 0.1) is 20.8 Å². The predicted molar refractivity (Wildman–Crippen MR) is 81.0 cm³/mol. The van der Waals surface area contributed by atoms with Crippen LogP contribution in [0.2, 0.25) is 0 Å². The van der Waals surface area contributed by atoms with Crippen LogP contribution in [0.4, 0.5) is 0 Å². The zero-order valence-corrected chi connectivity index (χ0v) is 12.0. The zero-order valence-electron chi connectivity index (χ0n) is 12.0. The van der Waals surface area contributed by atoms with Crippen LogP contribution in [0.25, 0.3) is 17.1 Å². The van der Waals surface area contributed by atoms with Gasteiger partial charge in [0.25, 0.3) is 0 Å². The first kappa shape index (κ1) is 12.6. The highest BCUT2D eigenvalue weighted by Crippen LogP contribution is 2.25. The van der Waals surface area contributed by atoms with Gasteiger partial charge in [0.15, 0.2) is 0 Å². The van der Waals surface area contributed by atoms with Gasteiger partial charge in [0.05, 0.1) is 5.69 Å². The molecule has 3 aromatic rings. The highest BCUT2D eigenvalue weighted by atomic mass is 15.1. The molecule has 0 atom stereocenters. The lowest BCUT2D eigenvalue weighted by molar-refractivity contribution is 1.01. The minimum absolute atomic E-state index is 0.961. The smallest absolute Gasteiger partial charge is 0.144 e. The summed E-state index contributed by atoms with van der Waals surface area (Å²) in [5.41, 5.74) is 5.83. The van der Waals surface area contributed by atoms with Gasteiger partial charge < -0.3 is 0 Å². The Balaban J connectivity index is 2.18. The van der Waals surface area contributed by atoms with E-state index in [-0.39, 0.29) is 0 Å². The molecule has 20 heavy (non-hydrogen) atoms. The van der Waals surface area contributed by atoms with Crippen LogP contribution < -0.4 is 0 Å². The second-order valence-electron chi connectivity index (χ2n) is 5.11. The number of nitrogens with zero attached hydrogens (tertiary/aromatic N) is 3. The molecule has 2 heterocycles. The molecule has 0 N–H and O–H groups in total. The molecule has 0 aliphatic heterocycles. The van der Waals surface area contributed by atoms with Crippen LogP contribution in [0.3, 0.4) is 0 Å². The first-order valence-corrected chi connectivity index (χ1v) is 6.69. The molecule has 0 fully saturated rings. The standard InChI is InChI=1S/C17H17N3/c1-12-4-6-15(7-5-12)17-19-8-9-20(17)16-13(2)10-18-11-14(16)3/h4-11H,1-3H3. The quantitative estimate of drug-likeness (QED) is 0.703. The Labute approximate surface area is 118 Å². The van der Waals surface area contributed by atoms with E-state index in [1.165, 1.54) is 5.56 Å². The second-order valence-corrected chi connectivity index (χ2v) is 5.11. The molecule has 100 valence electrons. The molecule has 0 aliphatic carbocycles. The highest BCUT2D eigenvalue weighted by Gasteiger charge is 2.11. The molecule has 0 aliphatic rings. The van der Waals surface area contributed by atoms with Crippen molar-refractivity contribution in [2.45, 2.75) is 20.8 Å². The van der Waals surface area contributed by atoms with E-state index in [1.807, 2.05) is 24.8 Å². The molecule has 3 nitrogen and oxygen atoms in total. The van der Waals surface area contributed by atoms with E-state index in [4.69, 9.17) is 0 Å². The SMILES string of the molecule is Cc1ccc(-c2nccn2-c2c(C)cncc2C)cc1. The number of hydrogen-bond acceptors (Lipinski definition) is 2. The highest BCUT2D eigenvalue weighted by molar-refractivity contribution is 5.61. The van der Waals surface area contributed by atoms with Gasteiger partial charge >= 0.3 is 0 Å². The minimum atomic E-state index is 0.961. The Kier molecular flexibility index (Phi) is 3.11. The largest absolute Gasteiger partial charge is 0.299 e. The second kappa shape index (κ2) is 4.93. The van der Waals surface area contributed by atoms with Gasteiger partial charge in [-0.15, -0.1) is 0 Å². The molecule has 0 unspecified atom stereocenters. The van der Waals surface area contributed by atoms with E-state index < -0.39 is 0 Å². The Morgan fingerprint density at radius 2 is 1.55 bits per heavy atom. The van der Waals surface area contributed by atoms with E-state index in [2.05, 4.69) is 59.6 Å². The summed E-state index contributed by atoms with van der Waals surface area (Å²) in [4.78, 5) is 8.75. The third-order valence-corrected chi connectivity index (χ3v) is 3.47. The van der Waals surface area contributed by atoms with Crippen molar-refractivity contribution in [1.82, 2.24) is 14.5 Å². The van der Waals surface area contributed by atoms with Crippen LogP contribution in [-0.2, 0) is 0 Å². The van der Waals surface area contributed by atoms with Gasteiger partial charge in [-0.05, 0) is 31.9 Å². The van der Waals surface area contributed by atoms with Crippen molar-refractivity contribution in [1.29, 1.82) is 0 Å². The maximum atomic E-state index is 4.52. The molecule has 0 radical (unpaired) electrons. The summed E-state index contributed by atoms with van der Waals surface area (Å²) in [6.07, 6.45) is 7.63. The molecule has 0 saturated heterocycles. The van der Waals surface area contributed by atoms with Crippen LogP contribution in [0.1, 0.15) is 16.7 Å². The summed E-state index contributed by atoms with van der Waals surface area (Å²) < 4.78 is 2.14. The van der Waals surface area contributed by atoms with E-state index in [0.717, 1.165) is 28.2 Å². The van der Waals surface area contributed by atoms with Gasteiger partial charge in [0.2, 0.25) is 0 Å². The molecule has 0 saturated carbocycles. The monoisotopic (exact) mass is 263 g/mol. The summed E-state index contributed by atoms with van der Waals surface area (Å²) in [7, 11) is 0. The van der Waals surface area contributed by atoms with E-state index >= 15 is 0 Å². The van der Waals surface area contributed by atoms with Crippen LogP contribution >= 0.6 is 0 Å². The summed E-state index contributed by atoms with van der Waals surface area (Å²) in [6.45, 7) is 6.25. The number of aryl methyl sites for hydroxylation is 3. The molecule has 3 heteroatoms. The van der Waals surface area contributed by atoms with E-state index in [9.17, 15) is 0 Å². The normalized spacial score (nSPS) is 10.8. The fraction of sp³-hybridized carbons (Fsp3) is 0.176. The molecule has 0 amide bonds. The van der Waals surface area contributed by atoms with Gasteiger partial charge in [-0.2, -0.15) is 0 Å². The van der Waals surface area contributed by atoms with Crippen LogP contribution in [0.5, 0.6) is 0 Å². The topological polar surface area (TPSA) is 30.7 Å². The Hall–Kier alpha value is -2.42. The lowest BCUT2D eigenvalue weighted by atomic mass is 10.1. The lowest BCUT2D eigenvalue weighted by Gasteiger charge is -2.13. The number of aromatic nitrogens is 3. The first-order valence-electron chi connectivity index (χ1n) is 6.69. The van der Waals surface area contributed by atoms with Gasteiger partial charge in [-0.1, -0.05) is 29.8 Å². The molecule has 0 spiro atoms. The Morgan fingerprint density at radius 1 is 0.900 bits per heavy atom. The average molecular weight is 263 g/mol. The van der Waals surface area contributed by atoms with Gasteiger partial charge in [-0.3, -0.25) is 9.55 Å². The molecular weight excluding hydrogens is 246 g/mol. The van der Waals surface area contributed by atoms with Crippen molar-refractivity contribution in [3.05, 3.63) is 65.7 Å². The molecule has 3 rings (SSSR count). The van der Waals surface area contributed by atoms with Crippen molar-refractivity contribution in [2.24, 2.45) is 0 Å². The number of benzene rings is 1. The predicted octanol–water partition coefficient (Wildman–Crippen LogP) is 3.86. The van der Waals surface area contributed by atoms with Gasteiger partial charge in [0, 0.05) is 30.4 Å². The number of rotatable bonds is 2. The Bertz CT molecular complexity index is 719. The molecule has 1 aromatic carbocycles. The summed E-state index contributed by atoms with van der Waals surface area (Å²) in [5.74, 6) is 0.961. The van der Waals surface area contributed by atoms with E-state index in [0.29, 0.717) is 0 Å². The van der Waals surface area contributed by atoms with Crippen LogP contribution in [-0.4, -0.2) is 14.5 Å². The summed E-state index contributed by atoms with van der Waals surface area (Å²) in [6, 6.07) is 8.45. The maximum absolute atomic E-state index is 4.52. The zero-order chi connectivity index (χ0) is 14.1. The Morgan fingerprint density at radius 3 is 2.20 bits per heavy atom. The number of imidazole rings is 1. The molecule has 2 aromatic heterocycles. The van der Waals surface area contributed by atoms with Crippen LogP contribution in [0.15, 0.2) is 49.1 Å². The van der Waals surface area contributed by atoms with Gasteiger partial charge in [-0.25, -0.2) is 4.98 Å². The van der Waals surface area contributed by atoms with Crippen molar-refractivity contribution in [2.75, 3.05) is 0 Å². The fourth-order valence-electron chi connectivity index (χ4n) is 2.47. The number of pyridine rings is 1. The molecule has 0 bridgehead atoms. The molecular formula is C17H17N3. The number of hydrogen-bond donors (Lipinski definition) is 0. The summed E-state index contributed by atoms with van der Waals surface area (Å²) >= 11 is 0. The van der Waals surface area contributed by atoms with Gasteiger partial charge in [0.1, 0.15) is 5.82 Å². The fourth-order valence-corrected chi connectivity index (χ4v) is 2.47.